The van der Waals surface area contributed by atoms with Crippen molar-refractivity contribution in [3.8, 4) is 5.75 Å². The van der Waals surface area contributed by atoms with Crippen LogP contribution < -0.4 is 10.1 Å². The van der Waals surface area contributed by atoms with E-state index in [-0.39, 0.29) is 30.5 Å². The normalized spacial score (nSPS) is 14.1. The van der Waals surface area contributed by atoms with Crippen LogP contribution in [-0.4, -0.2) is 29.0 Å². The molecule has 0 unspecified atom stereocenters. The molecule has 1 saturated carbocycles. The van der Waals surface area contributed by atoms with E-state index in [1.54, 1.807) is 6.07 Å². The summed E-state index contributed by atoms with van der Waals surface area (Å²) in [6.07, 6.45) is -2.86. The van der Waals surface area contributed by atoms with Crippen LogP contribution in [0.1, 0.15) is 36.0 Å². The molecular formula is C18H17F4N3O2. The zero-order chi connectivity index (χ0) is 19.4. The van der Waals surface area contributed by atoms with Crippen LogP contribution in [0.5, 0.6) is 5.75 Å². The maximum atomic E-state index is 13.4. The van der Waals surface area contributed by atoms with Crippen molar-refractivity contribution in [3.63, 3.8) is 0 Å². The van der Waals surface area contributed by atoms with E-state index in [4.69, 9.17) is 4.74 Å². The van der Waals surface area contributed by atoms with Gasteiger partial charge in [0.1, 0.15) is 11.5 Å². The molecule has 3 rings (SSSR count). The van der Waals surface area contributed by atoms with Crippen LogP contribution in [0, 0.1) is 5.82 Å². The zero-order valence-corrected chi connectivity index (χ0v) is 14.2. The van der Waals surface area contributed by atoms with Crippen LogP contribution in [0.15, 0.2) is 30.3 Å². The first-order chi connectivity index (χ1) is 12.8. The molecule has 1 aromatic carbocycles. The van der Waals surface area contributed by atoms with Crippen molar-refractivity contribution in [2.24, 2.45) is 0 Å². The summed E-state index contributed by atoms with van der Waals surface area (Å²) in [5.74, 6) is -1.08. The number of aromatic nitrogens is 2. The number of ether oxygens (including phenoxy) is 1. The van der Waals surface area contributed by atoms with Crippen LogP contribution in [0.3, 0.4) is 0 Å². The number of carbonyl (C=O) groups is 1. The van der Waals surface area contributed by atoms with Gasteiger partial charge in [-0.05, 0) is 31.0 Å². The molecule has 2 aromatic rings. The molecule has 0 atom stereocenters. The molecule has 144 valence electrons. The molecule has 0 radical (unpaired) electrons. The first-order valence-electron chi connectivity index (χ1n) is 8.42. The number of benzene rings is 1. The zero-order valence-electron chi connectivity index (χ0n) is 14.2. The topological polar surface area (TPSA) is 64.1 Å². The predicted octanol–water partition coefficient (Wildman–Crippen LogP) is 3.25. The molecule has 0 saturated heterocycles. The summed E-state index contributed by atoms with van der Waals surface area (Å²) in [4.78, 5) is 19.5. The standard InChI is InChI=1S/C18H17F4N3O2/c19-12-3-1-2-4-14(12)27-10-17(26)23-8-7-16-24-13(11-5-6-11)9-15(25-16)18(20,21)22/h1-4,9,11H,5-8,10H2,(H,23,26). The van der Waals surface area contributed by atoms with Crippen molar-refractivity contribution >= 4 is 5.91 Å². The lowest BCUT2D eigenvalue weighted by atomic mass is 10.2. The maximum absolute atomic E-state index is 13.4. The lowest BCUT2D eigenvalue weighted by Gasteiger charge is -2.11. The summed E-state index contributed by atoms with van der Waals surface area (Å²) in [5, 5.41) is 2.50. The van der Waals surface area contributed by atoms with Gasteiger partial charge >= 0.3 is 6.18 Å². The van der Waals surface area contributed by atoms with Crippen LogP contribution in [0.25, 0.3) is 0 Å². The summed E-state index contributed by atoms with van der Waals surface area (Å²) in [5.41, 5.74) is -0.579. The SMILES string of the molecule is O=C(COc1ccccc1F)NCCc1nc(C2CC2)cc(C(F)(F)F)n1. The summed E-state index contributed by atoms with van der Waals surface area (Å²) in [7, 11) is 0. The van der Waals surface area contributed by atoms with Gasteiger partial charge in [0.15, 0.2) is 18.2 Å². The monoisotopic (exact) mass is 383 g/mol. The predicted molar refractivity (Wildman–Crippen MR) is 87.6 cm³/mol. The minimum atomic E-state index is -4.54. The Morgan fingerprint density at radius 3 is 2.63 bits per heavy atom. The van der Waals surface area contributed by atoms with Crippen molar-refractivity contribution in [1.82, 2.24) is 15.3 Å². The second kappa shape index (κ2) is 7.89. The van der Waals surface area contributed by atoms with E-state index in [1.165, 1.54) is 18.2 Å². The number of carbonyl (C=O) groups excluding carboxylic acids is 1. The van der Waals surface area contributed by atoms with Gasteiger partial charge in [-0.1, -0.05) is 12.1 Å². The van der Waals surface area contributed by atoms with Gasteiger partial charge in [-0.15, -0.1) is 0 Å². The van der Waals surface area contributed by atoms with Gasteiger partial charge in [0.2, 0.25) is 0 Å². The fourth-order valence-corrected chi connectivity index (χ4v) is 2.43. The minimum absolute atomic E-state index is 0.0297. The average molecular weight is 383 g/mol. The number of amides is 1. The molecule has 0 spiro atoms. The van der Waals surface area contributed by atoms with Crippen molar-refractivity contribution in [3.05, 3.63) is 53.4 Å². The average Bonchev–Trinajstić information content (AvgIpc) is 3.45. The van der Waals surface area contributed by atoms with E-state index in [9.17, 15) is 22.4 Å². The van der Waals surface area contributed by atoms with Crippen molar-refractivity contribution in [1.29, 1.82) is 0 Å². The summed E-state index contributed by atoms with van der Waals surface area (Å²) >= 11 is 0. The number of halogens is 4. The third-order valence-electron chi connectivity index (χ3n) is 3.94. The highest BCUT2D eigenvalue weighted by Crippen LogP contribution is 2.40. The molecule has 9 heteroatoms. The van der Waals surface area contributed by atoms with Gasteiger partial charge in [0, 0.05) is 24.6 Å². The van der Waals surface area contributed by atoms with Crippen LogP contribution >= 0.6 is 0 Å². The number of hydrogen-bond acceptors (Lipinski definition) is 4. The molecule has 1 aliphatic carbocycles. The molecule has 0 aliphatic heterocycles. The van der Waals surface area contributed by atoms with E-state index in [1.807, 2.05) is 0 Å². The van der Waals surface area contributed by atoms with Crippen LogP contribution in [0.4, 0.5) is 17.6 Å². The fourth-order valence-electron chi connectivity index (χ4n) is 2.43. The smallest absolute Gasteiger partial charge is 0.433 e. The molecule has 27 heavy (non-hydrogen) atoms. The number of nitrogens with one attached hydrogen (secondary N) is 1. The molecule has 1 amide bonds. The number of para-hydroxylation sites is 1. The van der Waals surface area contributed by atoms with Crippen molar-refractivity contribution < 1.29 is 27.1 Å². The number of alkyl halides is 3. The Morgan fingerprint density at radius 2 is 1.96 bits per heavy atom. The van der Waals surface area contributed by atoms with Crippen molar-refractivity contribution in [2.45, 2.75) is 31.4 Å². The molecule has 1 aromatic heterocycles. The van der Waals surface area contributed by atoms with Gasteiger partial charge in [-0.3, -0.25) is 4.79 Å². The highest BCUT2D eigenvalue weighted by atomic mass is 19.4. The molecular weight excluding hydrogens is 366 g/mol. The molecule has 1 heterocycles. The Hall–Kier alpha value is -2.71. The third kappa shape index (κ3) is 5.38. The maximum Gasteiger partial charge on any atom is 0.433 e. The van der Waals surface area contributed by atoms with Gasteiger partial charge in [-0.2, -0.15) is 13.2 Å². The second-order valence-corrected chi connectivity index (χ2v) is 6.19. The highest BCUT2D eigenvalue weighted by Gasteiger charge is 2.35. The number of rotatable bonds is 7. The Morgan fingerprint density at radius 1 is 1.22 bits per heavy atom. The van der Waals surface area contributed by atoms with E-state index in [0.717, 1.165) is 18.9 Å². The molecule has 1 N–H and O–H groups in total. The Bertz CT molecular complexity index is 822. The fraction of sp³-hybridized carbons (Fsp3) is 0.389. The van der Waals surface area contributed by atoms with Gasteiger partial charge < -0.3 is 10.1 Å². The Labute approximate surface area is 152 Å². The Balaban J connectivity index is 1.53. The number of nitrogens with zero attached hydrogens (tertiary/aromatic N) is 2. The second-order valence-electron chi connectivity index (χ2n) is 6.19. The largest absolute Gasteiger partial charge is 0.481 e. The minimum Gasteiger partial charge on any atom is -0.481 e. The quantitative estimate of drug-likeness (QED) is 0.746. The highest BCUT2D eigenvalue weighted by molar-refractivity contribution is 5.77. The summed E-state index contributed by atoms with van der Waals surface area (Å²) in [6.45, 7) is -0.359. The van der Waals surface area contributed by atoms with E-state index in [0.29, 0.717) is 5.69 Å². The van der Waals surface area contributed by atoms with Gasteiger partial charge in [0.25, 0.3) is 5.91 Å². The molecule has 1 fully saturated rings. The first-order valence-corrected chi connectivity index (χ1v) is 8.42. The molecule has 1 aliphatic rings. The molecule has 5 nitrogen and oxygen atoms in total. The number of hydrogen-bond donors (Lipinski definition) is 1. The van der Waals surface area contributed by atoms with E-state index < -0.39 is 30.2 Å². The Kier molecular flexibility index (Phi) is 5.57. The van der Waals surface area contributed by atoms with E-state index in [2.05, 4.69) is 15.3 Å². The van der Waals surface area contributed by atoms with E-state index >= 15 is 0 Å². The summed E-state index contributed by atoms with van der Waals surface area (Å²) < 4.78 is 57.4. The molecule has 0 bridgehead atoms. The van der Waals surface area contributed by atoms with Gasteiger partial charge in [-0.25, -0.2) is 14.4 Å². The third-order valence-corrected chi connectivity index (χ3v) is 3.94. The lowest BCUT2D eigenvalue weighted by Crippen LogP contribution is -2.31. The first kappa shape index (κ1) is 19.1. The van der Waals surface area contributed by atoms with Crippen LogP contribution in [-0.2, 0) is 17.4 Å². The van der Waals surface area contributed by atoms with Crippen molar-refractivity contribution in [2.75, 3.05) is 13.2 Å². The summed E-state index contributed by atoms with van der Waals surface area (Å²) in [6, 6.07) is 6.64. The lowest BCUT2D eigenvalue weighted by molar-refractivity contribution is -0.141. The van der Waals surface area contributed by atoms with Gasteiger partial charge in [0.05, 0.1) is 0 Å². The van der Waals surface area contributed by atoms with Crippen LogP contribution in [0.2, 0.25) is 0 Å².